The smallest absolute Gasteiger partial charge is 0.240 e. The first-order valence-electron chi connectivity index (χ1n) is 9.14. The highest BCUT2D eigenvalue weighted by atomic mass is 32.2. The number of methoxy groups -OCH3 is 1. The number of hydrogen-bond donors (Lipinski definition) is 4. The Kier molecular flexibility index (Phi) is 9.32. The molecule has 162 valence electrons. The van der Waals surface area contributed by atoms with Crippen LogP contribution in [0.3, 0.4) is 0 Å². The van der Waals surface area contributed by atoms with Gasteiger partial charge in [-0.15, -0.1) is 0 Å². The maximum Gasteiger partial charge on any atom is 0.240 e. The summed E-state index contributed by atoms with van der Waals surface area (Å²) in [4.78, 5) is 39.6. The van der Waals surface area contributed by atoms with E-state index in [2.05, 4.69) is 20.9 Å². The fraction of sp³-hybridized carbons (Fsp3) is 0.368. The second-order valence-corrected chi connectivity index (χ2v) is 7.16. The predicted molar refractivity (Wildman–Crippen MR) is 113 cm³/mol. The molecule has 1 aromatic carbocycles. The summed E-state index contributed by atoms with van der Waals surface area (Å²) in [7, 11) is 1.54. The summed E-state index contributed by atoms with van der Waals surface area (Å²) < 4.78 is 6.46. The van der Waals surface area contributed by atoms with Crippen molar-refractivity contribution in [3.8, 4) is 0 Å². The highest BCUT2D eigenvalue weighted by Crippen LogP contribution is 2.20. The maximum absolute atomic E-state index is 12.3. The van der Waals surface area contributed by atoms with Crippen LogP contribution in [0.5, 0.6) is 0 Å². The predicted octanol–water partition coefficient (Wildman–Crippen LogP) is 0.827. The average Bonchev–Trinajstić information content (AvgIpc) is 3.09. The first-order valence-corrected chi connectivity index (χ1v) is 10.1. The molecule has 10 nitrogen and oxygen atoms in total. The van der Waals surface area contributed by atoms with Gasteiger partial charge >= 0.3 is 0 Å². The number of ether oxygens (including phenoxy) is 1. The summed E-state index contributed by atoms with van der Waals surface area (Å²) in [5.41, 5.74) is 1.71. The van der Waals surface area contributed by atoms with Crippen molar-refractivity contribution >= 4 is 40.9 Å². The molecule has 4 N–H and O–H groups in total. The Morgan fingerprint density at radius 1 is 1.13 bits per heavy atom. The van der Waals surface area contributed by atoms with Crippen molar-refractivity contribution in [3.63, 3.8) is 0 Å². The molecule has 30 heavy (non-hydrogen) atoms. The minimum atomic E-state index is -0.272. The summed E-state index contributed by atoms with van der Waals surface area (Å²) in [6, 6.07) is 6.74. The molecule has 0 fully saturated rings. The number of anilines is 2. The van der Waals surface area contributed by atoms with Crippen molar-refractivity contribution in [1.82, 2.24) is 14.9 Å². The highest BCUT2D eigenvalue weighted by Gasteiger charge is 2.15. The second kappa shape index (κ2) is 12.0. The van der Waals surface area contributed by atoms with Crippen LogP contribution in [-0.4, -0.2) is 58.4 Å². The molecule has 3 amide bonds. The molecule has 0 aliphatic heterocycles. The summed E-state index contributed by atoms with van der Waals surface area (Å²) >= 11 is 1.16. The third-order valence-corrected chi connectivity index (χ3v) is 4.81. The van der Waals surface area contributed by atoms with E-state index in [0.717, 1.165) is 11.8 Å². The number of aliphatic hydroxyl groups excluding tert-OH is 1. The zero-order chi connectivity index (χ0) is 21.9. The van der Waals surface area contributed by atoms with Gasteiger partial charge in [0, 0.05) is 32.0 Å². The highest BCUT2D eigenvalue weighted by molar-refractivity contribution is 7.99. The monoisotopic (exact) mass is 435 g/mol. The Morgan fingerprint density at radius 2 is 1.80 bits per heavy atom. The largest absolute Gasteiger partial charge is 0.390 e. The number of benzene rings is 1. The van der Waals surface area contributed by atoms with E-state index in [9.17, 15) is 19.5 Å². The molecule has 0 bridgehead atoms. The Morgan fingerprint density at radius 3 is 2.40 bits per heavy atom. The molecular weight excluding hydrogens is 410 g/mol. The number of carbonyl (C=O) groups excluding carboxylic acids is 3. The van der Waals surface area contributed by atoms with E-state index < -0.39 is 0 Å². The summed E-state index contributed by atoms with van der Waals surface area (Å²) in [5, 5.41) is 18.0. The number of imidazole rings is 1. The van der Waals surface area contributed by atoms with Gasteiger partial charge in [0.2, 0.25) is 17.7 Å². The van der Waals surface area contributed by atoms with Gasteiger partial charge in [-0.3, -0.25) is 14.4 Å². The first-order chi connectivity index (χ1) is 14.4. The molecule has 11 heteroatoms. The van der Waals surface area contributed by atoms with Crippen LogP contribution < -0.4 is 16.0 Å². The van der Waals surface area contributed by atoms with Gasteiger partial charge in [0.1, 0.15) is 6.54 Å². The summed E-state index contributed by atoms with van der Waals surface area (Å²) in [6.45, 7) is 1.91. The van der Waals surface area contributed by atoms with Crippen LogP contribution in [-0.2, 0) is 32.3 Å². The van der Waals surface area contributed by atoms with Crippen LogP contribution in [0.15, 0.2) is 35.6 Å². The molecule has 0 spiro atoms. The average molecular weight is 436 g/mol. The molecule has 0 aliphatic rings. The molecule has 0 unspecified atom stereocenters. The molecule has 0 saturated carbocycles. The maximum atomic E-state index is 12.3. The topological polar surface area (TPSA) is 135 Å². The van der Waals surface area contributed by atoms with E-state index in [1.165, 1.54) is 13.1 Å². The molecule has 0 saturated heterocycles. The van der Waals surface area contributed by atoms with Gasteiger partial charge in [-0.25, -0.2) is 4.98 Å². The van der Waals surface area contributed by atoms with Gasteiger partial charge in [-0.1, -0.05) is 11.8 Å². The lowest BCUT2D eigenvalue weighted by atomic mass is 10.3. The Hall–Kier alpha value is -2.89. The Balaban J connectivity index is 1.91. The van der Waals surface area contributed by atoms with Gasteiger partial charge < -0.3 is 30.4 Å². The van der Waals surface area contributed by atoms with Crippen LogP contribution in [0.25, 0.3) is 0 Å². The van der Waals surface area contributed by atoms with Gasteiger partial charge in [0.05, 0.1) is 30.9 Å². The molecule has 0 atom stereocenters. The summed E-state index contributed by atoms with van der Waals surface area (Å²) in [5.74, 6) is -0.601. The van der Waals surface area contributed by atoms with Gasteiger partial charge in [0.25, 0.3) is 0 Å². The number of nitrogens with zero attached hydrogens (tertiary/aromatic N) is 2. The van der Waals surface area contributed by atoms with Gasteiger partial charge in [-0.05, 0) is 24.3 Å². The van der Waals surface area contributed by atoms with E-state index in [-0.39, 0.29) is 36.6 Å². The molecule has 1 aromatic heterocycles. The van der Waals surface area contributed by atoms with Crippen molar-refractivity contribution in [2.75, 3.05) is 36.6 Å². The van der Waals surface area contributed by atoms with E-state index in [0.29, 0.717) is 35.4 Å². The van der Waals surface area contributed by atoms with E-state index in [4.69, 9.17) is 4.74 Å². The van der Waals surface area contributed by atoms with Gasteiger partial charge in [-0.2, -0.15) is 0 Å². The number of aliphatic hydroxyl groups is 1. The second-order valence-electron chi connectivity index (χ2n) is 6.21. The Labute approximate surface area is 178 Å². The normalized spacial score (nSPS) is 10.5. The van der Waals surface area contributed by atoms with E-state index in [1.807, 2.05) is 0 Å². The standard InChI is InChI=1S/C19H25N5O5S/c1-13(26)22-14-3-5-15(6-4-14)23-18(28)12-30-19-21-9-16(11-25)24(19)10-17(27)20-7-8-29-2/h3-6,9,25H,7-8,10-12H2,1-2H3,(H,20,27)(H,22,26)(H,23,28). The molecule has 0 aliphatic carbocycles. The Bertz CT molecular complexity index is 869. The van der Waals surface area contributed by atoms with Crippen LogP contribution in [0.1, 0.15) is 12.6 Å². The fourth-order valence-corrected chi connectivity index (χ4v) is 3.26. The zero-order valence-electron chi connectivity index (χ0n) is 16.8. The molecule has 1 heterocycles. The van der Waals surface area contributed by atoms with Crippen molar-refractivity contribution in [2.24, 2.45) is 0 Å². The third-order valence-electron chi connectivity index (χ3n) is 3.82. The van der Waals surface area contributed by atoms with Crippen molar-refractivity contribution < 1.29 is 24.2 Å². The first kappa shape index (κ1) is 23.4. The minimum Gasteiger partial charge on any atom is -0.390 e. The lowest BCUT2D eigenvalue weighted by Gasteiger charge is -2.11. The molecule has 0 radical (unpaired) electrons. The molecule has 2 rings (SSSR count). The molecular formula is C19H25N5O5S. The zero-order valence-corrected chi connectivity index (χ0v) is 17.6. The number of carbonyl (C=O) groups is 3. The number of nitrogens with one attached hydrogen (secondary N) is 3. The van der Waals surface area contributed by atoms with Crippen molar-refractivity contribution in [1.29, 1.82) is 0 Å². The fourth-order valence-electron chi connectivity index (χ4n) is 2.46. The van der Waals surface area contributed by atoms with E-state index in [1.54, 1.807) is 35.9 Å². The van der Waals surface area contributed by atoms with Crippen LogP contribution in [0, 0.1) is 0 Å². The third kappa shape index (κ3) is 7.50. The van der Waals surface area contributed by atoms with E-state index >= 15 is 0 Å². The number of rotatable bonds is 11. The number of hydrogen-bond acceptors (Lipinski definition) is 7. The quantitative estimate of drug-likeness (QED) is 0.303. The SMILES string of the molecule is COCCNC(=O)Cn1c(CO)cnc1SCC(=O)Nc1ccc(NC(C)=O)cc1. The van der Waals surface area contributed by atoms with Crippen LogP contribution in [0.4, 0.5) is 11.4 Å². The number of thioether (sulfide) groups is 1. The van der Waals surface area contributed by atoms with Crippen molar-refractivity contribution in [3.05, 3.63) is 36.2 Å². The van der Waals surface area contributed by atoms with Gasteiger partial charge in [0.15, 0.2) is 5.16 Å². The lowest BCUT2D eigenvalue weighted by Crippen LogP contribution is -2.31. The number of aromatic nitrogens is 2. The summed E-state index contributed by atoms with van der Waals surface area (Å²) in [6.07, 6.45) is 1.48. The minimum absolute atomic E-state index is 0.0197. The van der Waals surface area contributed by atoms with Crippen molar-refractivity contribution in [2.45, 2.75) is 25.2 Å². The van der Waals surface area contributed by atoms with Crippen LogP contribution in [0.2, 0.25) is 0 Å². The molecule has 2 aromatic rings. The lowest BCUT2D eigenvalue weighted by molar-refractivity contribution is -0.122. The number of amides is 3. The van der Waals surface area contributed by atoms with Crippen LogP contribution >= 0.6 is 11.8 Å².